The first-order valence-corrected chi connectivity index (χ1v) is 9.67. The molecule has 0 aliphatic carbocycles. The number of nitrogens with one attached hydrogen (secondary N) is 1. The van der Waals surface area contributed by atoms with E-state index >= 15 is 0 Å². The van der Waals surface area contributed by atoms with Gasteiger partial charge in [0.25, 0.3) is 5.56 Å². The molecule has 0 radical (unpaired) electrons. The summed E-state index contributed by atoms with van der Waals surface area (Å²) in [7, 11) is 3.02. The summed E-state index contributed by atoms with van der Waals surface area (Å²) in [5.74, 6) is 0.591. The molecule has 0 aliphatic rings. The van der Waals surface area contributed by atoms with Crippen LogP contribution in [0.3, 0.4) is 0 Å². The van der Waals surface area contributed by atoms with E-state index < -0.39 is 11.6 Å². The Kier molecular flexibility index (Phi) is 6.25. The minimum absolute atomic E-state index is 0.254. The molecule has 8 heteroatoms. The summed E-state index contributed by atoms with van der Waals surface area (Å²) in [5, 5.41) is 3.16. The number of amides is 1. The van der Waals surface area contributed by atoms with Gasteiger partial charge in [0.2, 0.25) is 5.91 Å². The molecule has 0 unspecified atom stereocenters. The zero-order valence-corrected chi connectivity index (χ0v) is 17.5. The van der Waals surface area contributed by atoms with Crippen LogP contribution in [0.1, 0.15) is 26.3 Å². The number of para-hydroxylation sites is 1. The van der Waals surface area contributed by atoms with E-state index in [1.165, 1.54) is 23.4 Å². The molecule has 8 nitrogen and oxygen atoms in total. The number of hydrogen-bond donors (Lipinski definition) is 1. The quantitative estimate of drug-likeness (QED) is 0.646. The molecule has 3 rings (SSSR count). The van der Waals surface area contributed by atoms with E-state index in [1.807, 2.05) is 13.8 Å². The molecular formula is C22H25N3O5. The molecule has 1 N–H and O–H groups in total. The lowest BCUT2D eigenvalue weighted by Gasteiger charge is -2.18. The average molecular weight is 411 g/mol. The summed E-state index contributed by atoms with van der Waals surface area (Å²) in [6, 6.07) is 11.5. The maximum absolute atomic E-state index is 13.1. The van der Waals surface area contributed by atoms with Crippen molar-refractivity contribution in [2.45, 2.75) is 32.9 Å². The van der Waals surface area contributed by atoms with Crippen molar-refractivity contribution < 1.29 is 14.3 Å². The minimum atomic E-state index is -0.513. The van der Waals surface area contributed by atoms with Gasteiger partial charge < -0.3 is 14.8 Å². The van der Waals surface area contributed by atoms with Crippen LogP contribution in [0.25, 0.3) is 10.9 Å². The molecule has 0 aliphatic heterocycles. The molecular weight excluding hydrogens is 386 g/mol. The van der Waals surface area contributed by atoms with E-state index in [9.17, 15) is 14.4 Å². The molecule has 158 valence electrons. The topological polar surface area (TPSA) is 91.6 Å². The van der Waals surface area contributed by atoms with Gasteiger partial charge in [0.15, 0.2) is 0 Å². The first-order chi connectivity index (χ1) is 14.4. The number of rotatable bonds is 7. The van der Waals surface area contributed by atoms with E-state index in [2.05, 4.69) is 5.32 Å². The summed E-state index contributed by atoms with van der Waals surface area (Å²) < 4.78 is 13.0. The van der Waals surface area contributed by atoms with Crippen LogP contribution < -0.4 is 26.0 Å². The molecule has 3 aromatic rings. The van der Waals surface area contributed by atoms with Gasteiger partial charge >= 0.3 is 5.69 Å². The Labute approximate surface area is 173 Å². The number of fused-ring (bicyclic) bond motifs is 1. The van der Waals surface area contributed by atoms with E-state index in [4.69, 9.17) is 9.47 Å². The number of hydrogen-bond acceptors (Lipinski definition) is 5. The Balaban J connectivity index is 2.05. The lowest BCUT2D eigenvalue weighted by atomic mass is 10.2. The smallest absolute Gasteiger partial charge is 0.332 e. The number of carbonyl (C=O) groups excluding carboxylic acids is 1. The minimum Gasteiger partial charge on any atom is -0.497 e. The molecule has 0 fully saturated rings. The second-order valence-electron chi connectivity index (χ2n) is 6.93. The van der Waals surface area contributed by atoms with Crippen LogP contribution in [0.4, 0.5) is 5.69 Å². The molecule has 1 heterocycles. The molecule has 2 aromatic carbocycles. The Morgan fingerprint density at radius 1 is 1.10 bits per heavy atom. The fourth-order valence-electron chi connectivity index (χ4n) is 3.31. The average Bonchev–Trinajstić information content (AvgIpc) is 2.76. The Bertz CT molecular complexity index is 1200. The fourth-order valence-corrected chi connectivity index (χ4v) is 3.31. The van der Waals surface area contributed by atoms with E-state index in [0.29, 0.717) is 34.5 Å². The van der Waals surface area contributed by atoms with Gasteiger partial charge in [-0.15, -0.1) is 0 Å². The zero-order valence-electron chi connectivity index (χ0n) is 17.5. The van der Waals surface area contributed by atoms with Crippen molar-refractivity contribution in [2.75, 3.05) is 19.5 Å². The Hall–Kier alpha value is -3.55. The number of carbonyl (C=O) groups is 1. The predicted molar refractivity (Wildman–Crippen MR) is 116 cm³/mol. The fraction of sp³-hybridized carbons (Fsp3) is 0.318. The van der Waals surface area contributed by atoms with Crippen LogP contribution in [0, 0.1) is 0 Å². The van der Waals surface area contributed by atoms with E-state index in [1.54, 1.807) is 42.5 Å². The molecule has 30 heavy (non-hydrogen) atoms. The maximum Gasteiger partial charge on any atom is 0.332 e. The maximum atomic E-state index is 13.1. The summed E-state index contributed by atoms with van der Waals surface area (Å²) in [6.07, 6.45) is 0.612. The van der Waals surface area contributed by atoms with Gasteiger partial charge in [-0.3, -0.25) is 18.7 Å². The third-order valence-corrected chi connectivity index (χ3v) is 5.10. The van der Waals surface area contributed by atoms with E-state index in [0.717, 1.165) is 0 Å². The molecule has 0 saturated heterocycles. The Morgan fingerprint density at radius 3 is 2.50 bits per heavy atom. The largest absolute Gasteiger partial charge is 0.497 e. The molecule has 1 amide bonds. The van der Waals surface area contributed by atoms with Gasteiger partial charge in [-0.05, 0) is 37.6 Å². The highest BCUT2D eigenvalue weighted by Gasteiger charge is 2.18. The number of aromatic nitrogens is 2. The van der Waals surface area contributed by atoms with Gasteiger partial charge in [-0.1, -0.05) is 19.1 Å². The molecule has 0 bridgehead atoms. The standard InChI is InChI=1S/C22H25N3O5/c1-5-14(2)25-21(27)16-8-6-7-9-18(16)24(22(25)28)13-20(26)23-17-12-15(29-3)10-11-19(17)30-4/h6-12,14H,5,13H2,1-4H3,(H,23,26)/t14-/m0/s1. The SMILES string of the molecule is CC[C@H](C)n1c(=O)c2ccccc2n(CC(=O)Nc2cc(OC)ccc2OC)c1=O. The summed E-state index contributed by atoms with van der Waals surface area (Å²) in [6.45, 7) is 3.46. The zero-order chi connectivity index (χ0) is 21.8. The van der Waals surface area contributed by atoms with Gasteiger partial charge in [0.1, 0.15) is 18.0 Å². The number of nitrogens with zero attached hydrogens (tertiary/aromatic N) is 2. The molecule has 1 atom stereocenters. The van der Waals surface area contributed by atoms with Crippen LogP contribution in [0.2, 0.25) is 0 Å². The number of benzene rings is 2. The third kappa shape index (κ3) is 3.94. The highest BCUT2D eigenvalue weighted by molar-refractivity contribution is 5.93. The molecule has 1 aromatic heterocycles. The second-order valence-corrected chi connectivity index (χ2v) is 6.93. The second kappa shape index (κ2) is 8.86. The van der Waals surface area contributed by atoms with Crippen molar-refractivity contribution in [1.29, 1.82) is 0 Å². The normalized spacial score (nSPS) is 11.9. The summed E-state index contributed by atoms with van der Waals surface area (Å²) in [5.41, 5.74) is -0.0221. The van der Waals surface area contributed by atoms with Crippen molar-refractivity contribution in [3.63, 3.8) is 0 Å². The number of anilines is 1. The van der Waals surface area contributed by atoms with Crippen LogP contribution >= 0.6 is 0 Å². The Morgan fingerprint density at radius 2 is 1.83 bits per heavy atom. The van der Waals surface area contributed by atoms with Gasteiger partial charge in [0, 0.05) is 12.1 Å². The first-order valence-electron chi connectivity index (χ1n) is 9.67. The number of methoxy groups -OCH3 is 2. The van der Waals surface area contributed by atoms with Gasteiger partial charge in [-0.25, -0.2) is 4.79 Å². The van der Waals surface area contributed by atoms with Gasteiger partial charge in [0.05, 0.1) is 30.8 Å². The van der Waals surface area contributed by atoms with Crippen LogP contribution in [-0.4, -0.2) is 29.3 Å². The number of ether oxygens (including phenoxy) is 2. The van der Waals surface area contributed by atoms with Crippen LogP contribution in [0.5, 0.6) is 11.5 Å². The van der Waals surface area contributed by atoms with Crippen molar-refractivity contribution in [3.8, 4) is 11.5 Å². The van der Waals surface area contributed by atoms with Crippen molar-refractivity contribution in [1.82, 2.24) is 9.13 Å². The highest BCUT2D eigenvalue weighted by atomic mass is 16.5. The summed E-state index contributed by atoms with van der Waals surface area (Å²) in [4.78, 5) is 38.8. The van der Waals surface area contributed by atoms with Crippen molar-refractivity contribution in [2.24, 2.45) is 0 Å². The van der Waals surface area contributed by atoms with Gasteiger partial charge in [-0.2, -0.15) is 0 Å². The lowest BCUT2D eigenvalue weighted by Crippen LogP contribution is -2.43. The van der Waals surface area contributed by atoms with Crippen molar-refractivity contribution >= 4 is 22.5 Å². The summed E-state index contributed by atoms with van der Waals surface area (Å²) >= 11 is 0. The van der Waals surface area contributed by atoms with Crippen LogP contribution in [-0.2, 0) is 11.3 Å². The van der Waals surface area contributed by atoms with Crippen LogP contribution in [0.15, 0.2) is 52.1 Å². The molecule has 0 saturated carbocycles. The monoisotopic (exact) mass is 411 g/mol. The van der Waals surface area contributed by atoms with E-state index in [-0.39, 0.29) is 18.1 Å². The lowest BCUT2D eigenvalue weighted by molar-refractivity contribution is -0.116. The highest BCUT2D eigenvalue weighted by Crippen LogP contribution is 2.28. The molecule has 0 spiro atoms. The third-order valence-electron chi connectivity index (χ3n) is 5.10. The predicted octanol–water partition coefficient (Wildman–Crippen LogP) is 2.79. The first kappa shape index (κ1) is 21.2. The van der Waals surface area contributed by atoms with Crippen molar-refractivity contribution in [3.05, 3.63) is 63.3 Å².